The van der Waals surface area contributed by atoms with Crippen molar-refractivity contribution >= 4 is 0 Å². The summed E-state index contributed by atoms with van der Waals surface area (Å²) in [5.74, 6) is 0. The number of hydrogen-bond acceptors (Lipinski definition) is 1. The highest BCUT2D eigenvalue weighted by molar-refractivity contribution is 5.63. The van der Waals surface area contributed by atoms with Gasteiger partial charge in [0.1, 0.15) is 0 Å². The van der Waals surface area contributed by atoms with Crippen LogP contribution in [-0.4, -0.2) is 10.2 Å². The lowest BCUT2D eigenvalue weighted by atomic mass is 9.98. The van der Waals surface area contributed by atoms with Gasteiger partial charge in [0.15, 0.2) is 0 Å². The van der Waals surface area contributed by atoms with Crippen LogP contribution in [0.25, 0.3) is 11.1 Å². The van der Waals surface area contributed by atoms with Crippen molar-refractivity contribution in [2.45, 2.75) is 26.7 Å². The smallest absolute Gasteiger partial charge is 0.0565 e. The van der Waals surface area contributed by atoms with Gasteiger partial charge < -0.3 is 0 Å². The SMILES string of the molecule is CCc1ccc(-c2cn[nH]c2)cc1CC. The summed E-state index contributed by atoms with van der Waals surface area (Å²) in [5.41, 5.74) is 5.30. The van der Waals surface area contributed by atoms with Crippen LogP contribution < -0.4 is 0 Å². The van der Waals surface area contributed by atoms with Crippen LogP contribution in [0.4, 0.5) is 0 Å². The van der Waals surface area contributed by atoms with Crippen molar-refractivity contribution in [1.82, 2.24) is 10.2 Å². The molecule has 2 rings (SSSR count). The quantitative estimate of drug-likeness (QED) is 0.809. The molecular weight excluding hydrogens is 184 g/mol. The third-order valence-electron chi connectivity index (χ3n) is 2.80. The molecule has 0 spiro atoms. The van der Waals surface area contributed by atoms with Crippen molar-refractivity contribution in [3.63, 3.8) is 0 Å². The van der Waals surface area contributed by atoms with Crippen molar-refractivity contribution in [2.24, 2.45) is 0 Å². The van der Waals surface area contributed by atoms with Gasteiger partial charge in [-0.25, -0.2) is 0 Å². The highest BCUT2D eigenvalue weighted by Gasteiger charge is 2.03. The summed E-state index contributed by atoms with van der Waals surface area (Å²) >= 11 is 0. The summed E-state index contributed by atoms with van der Waals surface area (Å²) < 4.78 is 0. The van der Waals surface area contributed by atoms with E-state index in [1.165, 1.54) is 16.7 Å². The highest BCUT2D eigenvalue weighted by Crippen LogP contribution is 2.22. The van der Waals surface area contributed by atoms with E-state index in [-0.39, 0.29) is 0 Å². The zero-order valence-corrected chi connectivity index (χ0v) is 9.25. The summed E-state index contributed by atoms with van der Waals surface area (Å²) in [4.78, 5) is 0. The van der Waals surface area contributed by atoms with Gasteiger partial charge in [-0.2, -0.15) is 5.10 Å². The zero-order valence-electron chi connectivity index (χ0n) is 9.25. The van der Waals surface area contributed by atoms with Gasteiger partial charge in [0.2, 0.25) is 0 Å². The monoisotopic (exact) mass is 200 g/mol. The number of nitrogens with zero attached hydrogens (tertiary/aromatic N) is 1. The molecule has 0 unspecified atom stereocenters. The average Bonchev–Trinajstić information content (AvgIpc) is 2.81. The molecule has 0 amide bonds. The molecule has 0 fully saturated rings. The standard InChI is InChI=1S/C13H16N2/c1-3-10-5-6-12(7-11(10)4-2)13-8-14-15-9-13/h5-9H,3-4H2,1-2H3,(H,14,15). The number of H-pyrrole nitrogens is 1. The topological polar surface area (TPSA) is 28.7 Å². The Kier molecular flexibility index (Phi) is 2.86. The third kappa shape index (κ3) is 1.94. The van der Waals surface area contributed by atoms with E-state index >= 15 is 0 Å². The fourth-order valence-electron chi connectivity index (χ4n) is 1.89. The van der Waals surface area contributed by atoms with Crippen molar-refractivity contribution in [3.05, 3.63) is 41.7 Å². The molecule has 78 valence electrons. The van der Waals surface area contributed by atoms with Gasteiger partial charge >= 0.3 is 0 Å². The molecule has 0 radical (unpaired) electrons. The van der Waals surface area contributed by atoms with E-state index in [0.717, 1.165) is 18.4 Å². The Balaban J connectivity index is 2.43. The first kappa shape index (κ1) is 9.97. The largest absolute Gasteiger partial charge is 0.285 e. The predicted molar refractivity (Wildman–Crippen MR) is 62.8 cm³/mol. The normalized spacial score (nSPS) is 10.5. The summed E-state index contributed by atoms with van der Waals surface area (Å²) in [6.07, 6.45) is 5.99. The van der Waals surface area contributed by atoms with Crippen molar-refractivity contribution in [1.29, 1.82) is 0 Å². The van der Waals surface area contributed by atoms with E-state index < -0.39 is 0 Å². The van der Waals surface area contributed by atoms with Crippen LogP contribution in [0.1, 0.15) is 25.0 Å². The second-order valence-corrected chi connectivity index (χ2v) is 3.68. The molecule has 1 N–H and O–H groups in total. The second-order valence-electron chi connectivity index (χ2n) is 3.68. The van der Waals surface area contributed by atoms with Gasteiger partial charge in [-0.15, -0.1) is 0 Å². The molecule has 0 aliphatic rings. The maximum Gasteiger partial charge on any atom is 0.0565 e. The minimum atomic E-state index is 1.09. The number of aromatic amines is 1. The van der Waals surface area contributed by atoms with E-state index in [2.05, 4.69) is 42.2 Å². The summed E-state index contributed by atoms with van der Waals surface area (Å²) in [6.45, 7) is 4.40. The first-order valence-corrected chi connectivity index (χ1v) is 5.46. The van der Waals surface area contributed by atoms with Crippen LogP contribution in [0, 0.1) is 0 Å². The third-order valence-corrected chi connectivity index (χ3v) is 2.80. The Bertz CT molecular complexity index is 430. The predicted octanol–water partition coefficient (Wildman–Crippen LogP) is 3.20. The van der Waals surface area contributed by atoms with Gasteiger partial charge in [-0.1, -0.05) is 32.0 Å². The lowest BCUT2D eigenvalue weighted by molar-refractivity contribution is 1.04. The van der Waals surface area contributed by atoms with E-state index in [4.69, 9.17) is 0 Å². The van der Waals surface area contributed by atoms with E-state index in [0.29, 0.717) is 0 Å². The van der Waals surface area contributed by atoms with Crippen LogP contribution in [0.2, 0.25) is 0 Å². The first-order chi connectivity index (χ1) is 7.35. The first-order valence-electron chi connectivity index (χ1n) is 5.46. The fourth-order valence-corrected chi connectivity index (χ4v) is 1.89. The number of benzene rings is 1. The van der Waals surface area contributed by atoms with E-state index in [9.17, 15) is 0 Å². The Labute approximate surface area is 90.3 Å². The number of nitrogens with one attached hydrogen (secondary N) is 1. The maximum atomic E-state index is 3.97. The van der Waals surface area contributed by atoms with Crippen LogP contribution in [0.15, 0.2) is 30.6 Å². The van der Waals surface area contributed by atoms with Crippen LogP contribution >= 0.6 is 0 Å². The van der Waals surface area contributed by atoms with E-state index in [1.54, 1.807) is 0 Å². The Hall–Kier alpha value is -1.57. The summed E-state index contributed by atoms with van der Waals surface area (Å²) in [7, 11) is 0. The highest BCUT2D eigenvalue weighted by atomic mass is 15.1. The molecular formula is C13H16N2. The van der Waals surface area contributed by atoms with Crippen molar-refractivity contribution in [3.8, 4) is 11.1 Å². The molecule has 0 aliphatic heterocycles. The minimum Gasteiger partial charge on any atom is -0.285 e. The molecule has 2 aromatic rings. The van der Waals surface area contributed by atoms with Gasteiger partial charge in [-0.05, 0) is 29.5 Å². The zero-order chi connectivity index (χ0) is 10.7. The molecule has 0 bridgehead atoms. The molecule has 1 aromatic heterocycles. The number of hydrogen-bond donors (Lipinski definition) is 1. The molecule has 0 atom stereocenters. The molecule has 0 saturated heterocycles. The van der Waals surface area contributed by atoms with Gasteiger partial charge in [0.25, 0.3) is 0 Å². The molecule has 0 saturated carbocycles. The average molecular weight is 200 g/mol. The molecule has 2 nitrogen and oxygen atoms in total. The Morgan fingerprint density at radius 2 is 1.87 bits per heavy atom. The number of rotatable bonds is 3. The molecule has 15 heavy (non-hydrogen) atoms. The van der Waals surface area contributed by atoms with Crippen molar-refractivity contribution < 1.29 is 0 Å². The maximum absolute atomic E-state index is 3.97. The Morgan fingerprint density at radius 3 is 2.47 bits per heavy atom. The second kappa shape index (κ2) is 4.30. The molecule has 0 aliphatic carbocycles. The lowest BCUT2D eigenvalue weighted by Gasteiger charge is -2.07. The fraction of sp³-hybridized carbons (Fsp3) is 0.308. The summed E-state index contributed by atoms with van der Waals surface area (Å²) in [5, 5.41) is 6.82. The van der Waals surface area contributed by atoms with Gasteiger partial charge in [-0.3, -0.25) is 5.10 Å². The van der Waals surface area contributed by atoms with Gasteiger partial charge in [0, 0.05) is 11.8 Å². The van der Waals surface area contributed by atoms with Gasteiger partial charge in [0.05, 0.1) is 6.20 Å². The molecule has 1 aromatic carbocycles. The van der Waals surface area contributed by atoms with Crippen LogP contribution in [0.3, 0.4) is 0 Å². The Morgan fingerprint density at radius 1 is 1.07 bits per heavy atom. The lowest BCUT2D eigenvalue weighted by Crippen LogP contribution is -1.91. The summed E-state index contributed by atoms with van der Waals surface area (Å²) in [6, 6.07) is 6.66. The van der Waals surface area contributed by atoms with Crippen LogP contribution in [0.5, 0.6) is 0 Å². The molecule has 2 heteroatoms. The van der Waals surface area contributed by atoms with Crippen LogP contribution in [-0.2, 0) is 12.8 Å². The molecule has 1 heterocycles. The number of aryl methyl sites for hydroxylation is 2. The van der Waals surface area contributed by atoms with Crippen molar-refractivity contribution in [2.75, 3.05) is 0 Å². The van der Waals surface area contributed by atoms with E-state index in [1.807, 2.05) is 12.4 Å². The number of aromatic nitrogens is 2. The minimum absolute atomic E-state index is 1.09.